The van der Waals surface area contributed by atoms with Crippen molar-refractivity contribution in [2.75, 3.05) is 52.9 Å². The van der Waals surface area contributed by atoms with Crippen molar-refractivity contribution in [2.45, 2.75) is 24.2 Å². The molecule has 0 bridgehead atoms. The zero-order chi connectivity index (χ0) is 25.9. The first-order valence-corrected chi connectivity index (χ1v) is 13.7. The Kier molecular flexibility index (Phi) is 8.18. The molecule has 2 saturated heterocycles. The van der Waals surface area contributed by atoms with Crippen molar-refractivity contribution in [1.82, 2.24) is 14.1 Å². The summed E-state index contributed by atoms with van der Waals surface area (Å²) >= 11 is 5.97. The molecule has 196 valence electrons. The fraction of sp³-hybridized carbons (Fsp3) is 0.480. The van der Waals surface area contributed by atoms with Crippen LogP contribution < -0.4 is 4.74 Å². The molecule has 2 heterocycles. The molecular formula is C25H30ClF2N3O4S. The molecule has 0 radical (unpaired) electrons. The second-order valence-electron chi connectivity index (χ2n) is 9.65. The number of nitrogens with zero attached hydrogens (tertiary/aromatic N) is 3. The Labute approximate surface area is 215 Å². The van der Waals surface area contributed by atoms with Gasteiger partial charge in [-0.25, -0.2) is 17.2 Å². The molecule has 2 aliphatic rings. The molecule has 4 rings (SSSR count). The van der Waals surface area contributed by atoms with Crippen LogP contribution in [0.15, 0.2) is 47.4 Å². The highest BCUT2D eigenvalue weighted by Crippen LogP contribution is 2.37. The number of piperazine rings is 1. The summed E-state index contributed by atoms with van der Waals surface area (Å²) in [6, 6.07) is 9.07. The number of piperidine rings is 1. The van der Waals surface area contributed by atoms with Gasteiger partial charge in [0.15, 0.2) is 0 Å². The normalized spacial score (nSPS) is 21.9. The van der Waals surface area contributed by atoms with Gasteiger partial charge in [-0.2, -0.15) is 4.31 Å². The maximum atomic E-state index is 13.8. The number of amides is 1. The molecule has 0 aromatic heterocycles. The summed E-state index contributed by atoms with van der Waals surface area (Å²) in [5.41, 5.74) is -0.808. The van der Waals surface area contributed by atoms with Crippen molar-refractivity contribution in [3.8, 4) is 5.75 Å². The van der Waals surface area contributed by atoms with Crippen LogP contribution in [0.1, 0.15) is 19.3 Å². The largest absolute Gasteiger partial charge is 0.493 e. The molecule has 0 unspecified atom stereocenters. The van der Waals surface area contributed by atoms with Crippen LogP contribution in [0.3, 0.4) is 0 Å². The van der Waals surface area contributed by atoms with Gasteiger partial charge >= 0.3 is 0 Å². The molecule has 0 saturated carbocycles. The lowest BCUT2D eigenvalue weighted by molar-refractivity contribution is -0.136. The third-order valence-corrected chi connectivity index (χ3v) is 8.92. The van der Waals surface area contributed by atoms with E-state index >= 15 is 0 Å². The lowest BCUT2D eigenvalue weighted by atomic mass is 9.78. The summed E-state index contributed by atoms with van der Waals surface area (Å²) < 4.78 is 61.6. The van der Waals surface area contributed by atoms with E-state index < -0.39 is 32.0 Å². The number of hydrogen-bond acceptors (Lipinski definition) is 5. The average molecular weight is 542 g/mol. The number of sulfonamides is 1. The van der Waals surface area contributed by atoms with E-state index in [1.165, 1.54) is 4.31 Å². The second kappa shape index (κ2) is 11.0. The van der Waals surface area contributed by atoms with Gasteiger partial charge in [-0.1, -0.05) is 11.6 Å². The summed E-state index contributed by atoms with van der Waals surface area (Å²) in [5.74, 6) is -1.43. The van der Waals surface area contributed by atoms with Gasteiger partial charge in [0.1, 0.15) is 17.4 Å². The topological polar surface area (TPSA) is 70.2 Å². The molecule has 0 N–H and O–H groups in total. The van der Waals surface area contributed by atoms with Crippen LogP contribution >= 0.6 is 11.6 Å². The van der Waals surface area contributed by atoms with Gasteiger partial charge in [-0.05, 0) is 56.3 Å². The molecule has 36 heavy (non-hydrogen) atoms. The highest BCUT2D eigenvalue weighted by Gasteiger charge is 2.43. The van der Waals surface area contributed by atoms with Crippen LogP contribution in [0.2, 0.25) is 5.02 Å². The van der Waals surface area contributed by atoms with Crippen LogP contribution in [0.5, 0.6) is 5.75 Å². The third-order valence-electron chi connectivity index (χ3n) is 6.84. The van der Waals surface area contributed by atoms with Crippen LogP contribution in [0.4, 0.5) is 8.78 Å². The standard InChI is InChI=1S/C25H30ClF2N3O4S/c1-29-9-11-30(12-10-29)24(32)16-25(18-35-22-5-3-19(26)4-6-22)7-2-8-31(17-25)36(33,34)23-14-20(27)13-21(28)15-23/h3-6,13-15H,2,7-12,16-18H2,1H3/t25-/m0/s1. The monoisotopic (exact) mass is 541 g/mol. The van der Waals surface area contributed by atoms with E-state index in [2.05, 4.69) is 4.90 Å². The van der Waals surface area contributed by atoms with Crippen LogP contribution in [0.25, 0.3) is 0 Å². The van der Waals surface area contributed by atoms with Crippen molar-refractivity contribution < 1.29 is 26.7 Å². The molecule has 0 spiro atoms. The van der Waals surface area contributed by atoms with Crippen LogP contribution in [-0.4, -0.2) is 81.4 Å². The molecule has 11 heteroatoms. The van der Waals surface area contributed by atoms with Crippen LogP contribution in [0, 0.1) is 17.0 Å². The maximum absolute atomic E-state index is 13.8. The van der Waals surface area contributed by atoms with Gasteiger partial charge in [0.25, 0.3) is 0 Å². The Balaban J connectivity index is 1.58. The summed E-state index contributed by atoms with van der Waals surface area (Å²) in [6.45, 7) is 3.05. The number of likely N-dealkylation sites (N-methyl/N-ethyl adjacent to an activating group) is 1. The Morgan fingerprint density at radius 2 is 1.67 bits per heavy atom. The minimum atomic E-state index is -4.19. The SMILES string of the molecule is CN1CCN(C(=O)C[C@@]2(COc3ccc(Cl)cc3)CCCN(S(=O)(=O)c3cc(F)cc(F)c3)C2)CC1. The summed E-state index contributed by atoms with van der Waals surface area (Å²) in [5, 5.41) is 0.555. The van der Waals surface area contributed by atoms with E-state index in [-0.39, 0.29) is 32.0 Å². The lowest BCUT2D eigenvalue weighted by Gasteiger charge is -2.43. The van der Waals surface area contributed by atoms with Crippen molar-refractivity contribution >= 4 is 27.5 Å². The zero-order valence-electron chi connectivity index (χ0n) is 20.1. The van der Waals surface area contributed by atoms with Gasteiger partial charge < -0.3 is 14.5 Å². The first-order valence-electron chi connectivity index (χ1n) is 11.9. The average Bonchev–Trinajstić information content (AvgIpc) is 2.83. The van der Waals surface area contributed by atoms with Crippen molar-refractivity contribution in [1.29, 1.82) is 0 Å². The Bertz CT molecular complexity index is 1170. The van der Waals surface area contributed by atoms with E-state index in [0.717, 1.165) is 25.2 Å². The minimum absolute atomic E-state index is 0.000534. The molecule has 1 atom stereocenters. The van der Waals surface area contributed by atoms with E-state index in [0.29, 0.717) is 42.8 Å². The summed E-state index contributed by atoms with van der Waals surface area (Å²) in [6.07, 6.45) is 1.16. The smallest absolute Gasteiger partial charge is 0.243 e. The van der Waals surface area contributed by atoms with Gasteiger partial charge in [0.05, 0.1) is 11.5 Å². The maximum Gasteiger partial charge on any atom is 0.243 e. The molecule has 0 aliphatic carbocycles. The number of carbonyl (C=O) groups excluding carboxylic acids is 1. The molecule has 2 fully saturated rings. The predicted molar refractivity (Wildman–Crippen MR) is 132 cm³/mol. The van der Waals surface area contributed by atoms with E-state index in [9.17, 15) is 22.0 Å². The summed E-state index contributed by atoms with van der Waals surface area (Å²) in [7, 11) is -2.18. The number of halogens is 3. The second-order valence-corrected chi connectivity index (χ2v) is 12.0. The van der Waals surface area contributed by atoms with Gasteiger partial charge in [-0.3, -0.25) is 4.79 Å². The van der Waals surface area contributed by atoms with Gasteiger partial charge in [-0.15, -0.1) is 0 Å². The number of ether oxygens (including phenoxy) is 1. The molecule has 2 aliphatic heterocycles. The number of benzene rings is 2. The number of carbonyl (C=O) groups is 1. The minimum Gasteiger partial charge on any atom is -0.493 e. The van der Waals surface area contributed by atoms with Crippen molar-refractivity contribution in [3.63, 3.8) is 0 Å². The fourth-order valence-corrected chi connectivity index (χ4v) is 6.52. The fourth-order valence-electron chi connectivity index (χ4n) is 4.76. The number of hydrogen-bond donors (Lipinski definition) is 0. The predicted octanol–water partition coefficient (Wildman–Crippen LogP) is 3.63. The Hall–Kier alpha value is -2.27. The highest BCUT2D eigenvalue weighted by atomic mass is 35.5. The Morgan fingerprint density at radius 3 is 2.31 bits per heavy atom. The summed E-state index contributed by atoms with van der Waals surface area (Å²) in [4.78, 5) is 16.8. The Morgan fingerprint density at radius 1 is 1.03 bits per heavy atom. The van der Waals surface area contributed by atoms with Crippen molar-refractivity contribution in [2.24, 2.45) is 5.41 Å². The van der Waals surface area contributed by atoms with E-state index in [1.54, 1.807) is 29.2 Å². The van der Waals surface area contributed by atoms with Crippen molar-refractivity contribution in [3.05, 3.63) is 59.1 Å². The quantitative estimate of drug-likeness (QED) is 0.535. The molecule has 1 amide bonds. The first-order chi connectivity index (χ1) is 17.1. The third kappa shape index (κ3) is 6.34. The van der Waals surface area contributed by atoms with Gasteiger partial charge in [0.2, 0.25) is 15.9 Å². The highest BCUT2D eigenvalue weighted by molar-refractivity contribution is 7.89. The molecule has 2 aromatic carbocycles. The lowest BCUT2D eigenvalue weighted by Crippen LogP contribution is -2.53. The molecule has 7 nitrogen and oxygen atoms in total. The van der Waals surface area contributed by atoms with E-state index in [1.807, 2.05) is 7.05 Å². The zero-order valence-corrected chi connectivity index (χ0v) is 21.7. The van der Waals surface area contributed by atoms with E-state index in [4.69, 9.17) is 16.3 Å². The molecule has 2 aromatic rings. The van der Waals surface area contributed by atoms with Crippen LogP contribution in [-0.2, 0) is 14.8 Å². The number of rotatable bonds is 7. The molecular weight excluding hydrogens is 512 g/mol. The first kappa shape index (κ1) is 26.8. The van der Waals surface area contributed by atoms with Gasteiger partial charge in [0, 0.05) is 62.2 Å².